The smallest absolute Gasteiger partial charge is 0.0619 e. The van der Waals surface area contributed by atoms with E-state index < -0.39 is 0 Å². The first-order chi connectivity index (χ1) is 5.42. The molecule has 2 heteroatoms. The molecule has 0 amide bonds. The van der Waals surface area contributed by atoms with E-state index in [9.17, 15) is 0 Å². The molecule has 1 saturated heterocycles. The highest BCUT2D eigenvalue weighted by molar-refractivity contribution is 4.89. The SMILES string of the molecule is CNC1CCCC2OCCC12. The summed E-state index contributed by atoms with van der Waals surface area (Å²) in [6.45, 7) is 0.994. The average molecular weight is 155 g/mol. The minimum Gasteiger partial charge on any atom is -0.378 e. The van der Waals surface area contributed by atoms with Crippen LogP contribution in [0.5, 0.6) is 0 Å². The third kappa shape index (κ3) is 1.30. The van der Waals surface area contributed by atoms with Crippen molar-refractivity contribution in [2.45, 2.75) is 37.8 Å². The van der Waals surface area contributed by atoms with Gasteiger partial charge >= 0.3 is 0 Å². The Bertz CT molecular complexity index is 138. The highest BCUT2D eigenvalue weighted by atomic mass is 16.5. The minimum atomic E-state index is 0.584. The van der Waals surface area contributed by atoms with Crippen molar-refractivity contribution in [3.8, 4) is 0 Å². The van der Waals surface area contributed by atoms with Gasteiger partial charge in [-0.3, -0.25) is 0 Å². The average Bonchev–Trinajstić information content (AvgIpc) is 2.50. The van der Waals surface area contributed by atoms with Gasteiger partial charge in [-0.05, 0) is 32.7 Å². The van der Waals surface area contributed by atoms with Crippen LogP contribution in [0.2, 0.25) is 0 Å². The lowest BCUT2D eigenvalue weighted by Gasteiger charge is -2.32. The van der Waals surface area contributed by atoms with Crippen molar-refractivity contribution in [3.05, 3.63) is 0 Å². The summed E-state index contributed by atoms with van der Waals surface area (Å²) in [5.74, 6) is 0.814. The van der Waals surface area contributed by atoms with E-state index in [0.29, 0.717) is 6.10 Å². The zero-order chi connectivity index (χ0) is 7.68. The molecular formula is C9H17NO. The highest BCUT2D eigenvalue weighted by Gasteiger charge is 2.36. The van der Waals surface area contributed by atoms with Crippen LogP contribution in [-0.4, -0.2) is 25.8 Å². The first-order valence-electron chi connectivity index (χ1n) is 4.70. The van der Waals surface area contributed by atoms with Gasteiger partial charge in [0, 0.05) is 18.6 Å². The predicted molar refractivity (Wildman–Crippen MR) is 44.5 cm³/mol. The molecule has 2 nitrogen and oxygen atoms in total. The fourth-order valence-corrected chi connectivity index (χ4v) is 2.53. The number of rotatable bonds is 1. The molecule has 2 rings (SSSR count). The Morgan fingerprint density at radius 2 is 2.18 bits per heavy atom. The predicted octanol–water partition coefficient (Wildman–Crippen LogP) is 1.16. The van der Waals surface area contributed by atoms with Crippen LogP contribution in [-0.2, 0) is 4.74 Å². The van der Waals surface area contributed by atoms with Crippen molar-refractivity contribution in [1.29, 1.82) is 0 Å². The molecule has 3 unspecified atom stereocenters. The van der Waals surface area contributed by atoms with Gasteiger partial charge in [0.15, 0.2) is 0 Å². The Labute approximate surface area is 68.3 Å². The summed E-state index contributed by atoms with van der Waals surface area (Å²) in [7, 11) is 2.07. The van der Waals surface area contributed by atoms with E-state index in [1.165, 1.54) is 25.7 Å². The van der Waals surface area contributed by atoms with Gasteiger partial charge in [0.25, 0.3) is 0 Å². The minimum absolute atomic E-state index is 0.584. The normalized spacial score (nSPS) is 43.9. The van der Waals surface area contributed by atoms with E-state index in [4.69, 9.17) is 4.74 Å². The molecule has 0 radical (unpaired) electrons. The van der Waals surface area contributed by atoms with Gasteiger partial charge in [-0.15, -0.1) is 0 Å². The monoisotopic (exact) mass is 155 g/mol. The lowest BCUT2D eigenvalue weighted by molar-refractivity contribution is 0.0546. The van der Waals surface area contributed by atoms with Crippen molar-refractivity contribution in [2.24, 2.45) is 5.92 Å². The third-order valence-electron chi connectivity index (χ3n) is 3.15. The van der Waals surface area contributed by atoms with Crippen LogP contribution >= 0.6 is 0 Å². The molecule has 11 heavy (non-hydrogen) atoms. The largest absolute Gasteiger partial charge is 0.378 e. The summed E-state index contributed by atoms with van der Waals surface area (Å²) in [6, 6.07) is 0.733. The molecule has 64 valence electrons. The summed E-state index contributed by atoms with van der Waals surface area (Å²) >= 11 is 0. The van der Waals surface area contributed by atoms with Crippen molar-refractivity contribution in [1.82, 2.24) is 5.32 Å². The number of fused-ring (bicyclic) bond motifs is 1. The molecule has 1 aliphatic heterocycles. The Kier molecular flexibility index (Phi) is 2.14. The molecule has 0 aromatic rings. The first-order valence-corrected chi connectivity index (χ1v) is 4.70. The van der Waals surface area contributed by atoms with Gasteiger partial charge in [0.05, 0.1) is 6.10 Å². The van der Waals surface area contributed by atoms with Crippen LogP contribution in [0.4, 0.5) is 0 Å². The second-order valence-electron chi connectivity index (χ2n) is 3.69. The molecule has 0 spiro atoms. The standard InChI is InChI=1S/C9H17NO/c1-10-8-3-2-4-9-7(8)5-6-11-9/h7-10H,2-6H2,1H3. The zero-order valence-electron chi connectivity index (χ0n) is 7.18. The van der Waals surface area contributed by atoms with E-state index in [1.54, 1.807) is 0 Å². The third-order valence-corrected chi connectivity index (χ3v) is 3.15. The molecule has 0 aromatic heterocycles. The van der Waals surface area contributed by atoms with E-state index in [-0.39, 0.29) is 0 Å². The molecule has 2 aliphatic rings. The summed E-state index contributed by atoms with van der Waals surface area (Å²) in [5.41, 5.74) is 0. The second-order valence-corrected chi connectivity index (χ2v) is 3.69. The fraction of sp³-hybridized carbons (Fsp3) is 1.00. The van der Waals surface area contributed by atoms with Crippen LogP contribution in [0.3, 0.4) is 0 Å². The van der Waals surface area contributed by atoms with Crippen LogP contribution in [0.1, 0.15) is 25.7 Å². The molecular weight excluding hydrogens is 138 g/mol. The van der Waals surface area contributed by atoms with Gasteiger partial charge < -0.3 is 10.1 Å². The molecule has 0 bridgehead atoms. The van der Waals surface area contributed by atoms with Crippen molar-refractivity contribution < 1.29 is 4.74 Å². The molecule has 1 saturated carbocycles. The molecule has 0 aromatic carbocycles. The number of nitrogens with one attached hydrogen (secondary N) is 1. The summed E-state index contributed by atoms with van der Waals surface area (Å²) in [4.78, 5) is 0. The zero-order valence-corrected chi connectivity index (χ0v) is 7.18. The summed E-state index contributed by atoms with van der Waals surface area (Å²) < 4.78 is 5.65. The first kappa shape index (κ1) is 7.56. The summed E-state index contributed by atoms with van der Waals surface area (Å²) in [6.07, 6.45) is 5.84. The van der Waals surface area contributed by atoms with Crippen molar-refractivity contribution >= 4 is 0 Å². The Morgan fingerprint density at radius 1 is 1.27 bits per heavy atom. The van der Waals surface area contributed by atoms with Gasteiger partial charge in [0.1, 0.15) is 0 Å². The highest BCUT2D eigenvalue weighted by Crippen LogP contribution is 2.33. The van der Waals surface area contributed by atoms with Crippen molar-refractivity contribution in [2.75, 3.05) is 13.7 Å². The molecule has 1 aliphatic carbocycles. The van der Waals surface area contributed by atoms with Crippen molar-refractivity contribution in [3.63, 3.8) is 0 Å². The van der Waals surface area contributed by atoms with Crippen LogP contribution in [0.15, 0.2) is 0 Å². The lowest BCUT2D eigenvalue weighted by atomic mass is 9.82. The maximum atomic E-state index is 5.65. The second kappa shape index (κ2) is 3.11. The molecule has 1 heterocycles. The van der Waals surface area contributed by atoms with E-state index in [2.05, 4.69) is 12.4 Å². The Balaban J connectivity index is 2.00. The Morgan fingerprint density at radius 3 is 3.00 bits per heavy atom. The molecule has 3 atom stereocenters. The van der Waals surface area contributed by atoms with Crippen LogP contribution < -0.4 is 5.32 Å². The van der Waals surface area contributed by atoms with E-state index in [0.717, 1.165) is 18.6 Å². The molecule has 2 fully saturated rings. The van der Waals surface area contributed by atoms with Gasteiger partial charge in [-0.25, -0.2) is 0 Å². The molecule has 1 N–H and O–H groups in total. The maximum absolute atomic E-state index is 5.65. The van der Waals surface area contributed by atoms with E-state index >= 15 is 0 Å². The number of ether oxygens (including phenoxy) is 1. The quantitative estimate of drug-likeness (QED) is 0.613. The summed E-state index contributed by atoms with van der Waals surface area (Å²) in [5, 5.41) is 3.40. The lowest BCUT2D eigenvalue weighted by Crippen LogP contribution is -2.41. The van der Waals surface area contributed by atoms with Gasteiger partial charge in [-0.1, -0.05) is 0 Å². The fourth-order valence-electron chi connectivity index (χ4n) is 2.53. The number of hydrogen-bond acceptors (Lipinski definition) is 2. The number of hydrogen-bond donors (Lipinski definition) is 1. The van der Waals surface area contributed by atoms with Crippen LogP contribution in [0, 0.1) is 5.92 Å². The topological polar surface area (TPSA) is 21.3 Å². The van der Waals surface area contributed by atoms with Gasteiger partial charge in [0.2, 0.25) is 0 Å². The van der Waals surface area contributed by atoms with Crippen LogP contribution in [0.25, 0.3) is 0 Å². The van der Waals surface area contributed by atoms with Gasteiger partial charge in [-0.2, -0.15) is 0 Å². The van der Waals surface area contributed by atoms with E-state index in [1.807, 2.05) is 0 Å². The Hall–Kier alpha value is -0.0800. The maximum Gasteiger partial charge on any atom is 0.0619 e.